The Labute approximate surface area is 93.7 Å². The van der Waals surface area contributed by atoms with Gasteiger partial charge in [-0.3, -0.25) is 0 Å². The standard InChI is InChI=1S/C12H15FOS/c13-10-5-2-1-4-9(10)8-11(14)12-6-3-7-15-12/h1-2,4-5,11-12,14H,3,6-8H2. The van der Waals surface area contributed by atoms with Crippen LogP contribution in [0.25, 0.3) is 0 Å². The number of hydrogen-bond donors (Lipinski definition) is 1. The van der Waals surface area contributed by atoms with Crippen molar-refractivity contribution in [2.45, 2.75) is 30.6 Å². The van der Waals surface area contributed by atoms with Gasteiger partial charge in [-0.1, -0.05) is 18.2 Å². The van der Waals surface area contributed by atoms with Crippen molar-refractivity contribution in [3.05, 3.63) is 35.6 Å². The Morgan fingerprint density at radius 1 is 1.47 bits per heavy atom. The molecule has 0 spiro atoms. The summed E-state index contributed by atoms with van der Waals surface area (Å²) in [7, 11) is 0. The van der Waals surface area contributed by atoms with E-state index in [0.29, 0.717) is 17.2 Å². The predicted octanol–water partition coefficient (Wildman–Crippen LogP) is 2.62. The van der Waals surface area contributed by atoms with Crippen molar-refractivity contribution < 1.29 is 9.50 Å². The third-order valence-corrected chi connectivity index (χ3v) is 4.28. The third-order valence-electron chi connectivity index (χ3n) is 2.78. The summed E-state index contributed by atoms with van der Waals surface area (Å²) in [6.07, 6.45) is 2.25. The molecule has 1 aliphatic heterocycles. The third kappa shape index (κ3) is 2.73. The molecule has 2 rings (SSSR count). The Bertz CT molecular complexity index is 323. The van der Waals surface area contributed by atoms with Gasteiger partial charge in [0.2, 0.25) is 0 Å². The summed E-state index contributed by atoms with van der Waals surface area (Å²) >= 11 is 1.80. The molecule has 0 aromatic heterocycles. The number of aliphatic hydroxyl groups excluding tert-OH is 1. The number of rotatable bonds is 3. The van der Waals surface area contributed by atoms with Crippen LogP contribution < -0.4 is 0 Å². The van der Waals surface area contributed by atoms with E-state index in [9.17, 15) is 9.50 Å². The minimum absolute atomic E-state index is 0.209. The van der Waals surface area contributed by atoms with Crippen molar-refractivity contribution >= 4 is 11.8 Å². The summed E-state index contributed by atoms with van der Waals surface area (Å²) in [4.78, 5) is 0. The number of halogens is 1. The molecule has 3 heteroatoms. The molecule has 0 amide bonds. The number of benzene rings is 1. The maximum atomic E-state index is 13.3. The SMILES string of the molecule is OC(Cc1ccccc1F)C1CCCS1. The molecule has 1 N–H and O–H groups in total. The molecule has 1 heterocycles. The number of hydrogen-bond acceptors (Lipinski definition) is 2. The van der Waals surface area contributed by atoms with E-state index in [-0.39, 0.29) is 5.82 Å². The van der Waals surface area contributed by atoms with E-state index in [4.69, 9.17) is 0 Å². The van der Waals surface area contributed by atoms with Gasteiger partial charge in [-0.05, 0) is 30.2 Å². The molecule has 2 unspecified atom stereocenters. The van der Waals surface area contributed by atoms with Crippen LogP contribution in [0.15, 0.2) is 24.3 Å². The first-order valence-corrected chi connectivity index (χ1v) is 6.35. The van der Waals surface area contributed by atoms with Crippen LogP contribution in [-0.2, 0) is 6.42 Å². The average molecular weight is 226 g/mol. The van der Waals surface area contributed by atoms with Crippen molar-refractivity contribution in [1.82, 2.24) is 0 Å². The van der Waals surface area contributed by atoms with Crippen LogP contribution in [0.2, 0.25) is 0 Å². The Morgan fingerprint density at radius 2 is 2.27 bits per heavy atom. The summed E-state index contributed by atoms with van der Waals surface area (Å²) in [5, 5.41) is 10.2. The fourth-order valence-electron chi connectivity index (χ4n) is 1.93. The Hall–Kier alpha value is -0.540. The number of thioether (sulfide) groups is 1. The van der Waals surface area contributed by atoms with Crippen molar-refractivity contribution in [3.63, 3.8) is 0 Å². The van der Waals surface area contributed by atoms with Gasteiger partial charge in [0.15, 0.2) is 0 Å². The van der Waals surface area contributed by atoms with Crippen LogP contribution >= 0.6 is 11.8 Å². The lowest BCUT2D eigenvalue weighted by Crippen LogP contribution is -2.23. The molecule has 0 radical (unpaired) electrons. The van der Waals surface area contributed by atoms with Gasteiger partial charge in [0.1, 0.15) is 5.82 Å². The molecular weight excluding hydrogens is 211 g/mol. The van der Waals surface area contributed by atoms with Crippen LogP contribution in [0.4, 0.5) is 4.39 Å². The molecule has 1 aliphatic rings. The molecule has 1 saturated heterocycles. The van der Waals surface area contributed by atoms with Crippen molar-refractivity contribution in [2.75, 3.05) is 5.75 Å². The molecule has 2 atom stereocenters. The Kier molecular flexibility index (Phi) is 3.65. The minimum Gasteiger partial charge on any atom is -0.392 e. The lowest BCUT2D eigenvalue weighted by molar-refractivity contribution is 0.169. The summed E-state index contributed by atoms with van der Waals surface area (Å²) in [6.45, 7) is 0. The second kappa shape index (κ2) is 4.99. The molecule has 0 saturated carbocycles. The van der Waals surface area contributed by atoms with Crippen LogP contribution in [-0.4, -0.2) is 22.2 Å². The normalized spacial score (nSPS) is 22.9. The molecule has 15 heavy (non-hydrogen) atoms. The first kappa shape index (κ1) is 11.0. The van der Waals surface area contributed by atoms with Gasteiger partial charge >= 0.3 is 0 Å². The zero-order valence-electron chi connectivity index (χ0n) is 8.53. The Balaban J connectivity index is 1.99. The lowest BCUT2D eigenvalue weighted by Gasteiger charge is -2.17. The highest BCUT2D eigenvalue weighted by Gasteiger charge is 2.24. The highest BCUT2D eigenvalue weighted by atomic mass is 32.2. The number of aliphatic hydroxyl groups is 1. The highest BCUT2D eigenvalue weighted by molar-refractivity contribution is 8.00. The zero-order valence-corrected chi connectivity index (χ0v) is 9.34. The van der Waals surface area contributed by atoms with Gasteiger partial charge in [-0.15, -0.1) is 0 Å². The monoisotopic (exact) mass is 226 g/mol. The predicted molar refractivity (Wildman–Crippen MR) is 61.6 cm³/mol. The van der Waals surface area contributed by atoms with Crippen LogP contribution in [0.1, 0.15) is 18.4 Å². The van der Waals surface area contributed by atoms with Gasteiger partial charge in [-0.2, -0.15) is 11.8 Å². The Morgan fingerprint density at radius 3 is 2.93 bits per heavy atom. The summed E-state index contributed by atoms with van der Waals surface area (Å²) < 4.78 is 13.3. The molecule has 1 aromatic rings. The smallest absolute Gasteiger partial charge is 0.126 e. The van der Waals surface area contributed by atoms with Gasteiger partial charge in [0.05, 0.1) is 6.10 Å². The molecule has 82 valence electrons. The van der Waals surface area contributed by atoms with Gasteiger partial charge < -0.3 is 5.11 Å². The fraction of sp³-hybridized carbons (Fsp3) is 0.500. The lowest BCUT2D eigenvalue weighted by atomic mass is 10.0. The highest BCUT2D eigenvalue weighted by Crippen LogP contribution is 2.30. The van der Waals surface area contributed by atoms with E-state index in [1.54, 1.807) is 23.9 Å². The van der Waals surface area contributed by atoms with Gasteiger partial charge in [0, 0.05) is 11.7 Å². The molecule has 1 nitrogen and oxygen atoms in total. The summed E-state index contributed by atoms with van der Waals surface area (Å²) in [5.41, 5.74) is 0.623. The quantitative estimate of drug-likeness (QED) is 0.855. The minimum atomic E-state index is -0.408. The maximum absolute atomic E-state index is 13.3. The first-order valence-electron chi connectivity index (χ1n) is 5.30. The fourth-order valence-corrected chi connectivity index (χ4v) is 3.21. The van der Waals surface area contributed by atoms with Crippen LogP contribution in [0, 0.1) is 5.82 Å². The van der Waals surface area contributed by atoms with Crippen molar-refractivity contribution in [1.29, 1.82) is 0 Å². The van der Waals surface area contributed by atoms with E-state index in [1.165, 1.54) is 12.5 Å². The van der Waals surface area contributed by atoms with Gasteiger partial charge in [0.25, 0.3) is 0 Å². The van der Waals surface area contributed by atoms with E-state index >= 15 is 0 Å². The van der Waals surface area contributed by atoms with E-state index in [0.717, 1.165) is 12.2 Å². The van der Waals surface area contributed by atoms with Crippen molar-refractivity contribution in [2.24, 2.45) is 0 Å². The van der Waals surface area contributed by atoms with Crippen molar-refractivity contribution in [3.8, 4) is 0 Å². The van der Waals surface area contributed by atoms with E-state index < -0.39 is 6.10 Å². The molecule has 0 aliphatic carbocycles. The zero-order chi connectivity index (χ0) is 10.7. The molecule has 1 fully saturated rings. The average Bonchev–Trinajstić information content (AvgIpc) is 2.74. The molecule has 0 bridgehead atoms. The van der Waals surface area contributed by atoms with Crippen LogP contribution in [0.5, 0.6) is 0 Å². The van der Waals surface area contributed by atoms with E-state index in [2.05, 4.69) is 0 Å². The second-order valence-corrected chi connectivity index (χ2v) is 5.26. The van der Waals surface area contributed by atoms with Crippen LogP contribution in [0.3, 0.4) is 0 Å². The maximum Gasteiger partial charge on any atom is 0.126 e. The summed E-state index contributed by atoms with van der Waals surface area (Å²) in [5.74, 6) is 0.915. The topological polar surface area (TPSA) is 20.2 Å². The summed E-state index contributed by atoms with van der Waals surface area (Å²) in [6, 6.07) is 6.68. The van der Waals surface area contributed by atoms with E-state index in [1.807, 2.05) is 6.07 Å². The molecular formula is C12H15FOS. The largest absolute Gasteiger partial charge is 0.392 e. The van der Waals surface area contributed by atoms with Gasteiger partial charge in [-0.25, -0.2) is 4.39 Å². The molecule has 1 aromatic carbocycles. The second-order valence-electron chi connectivity index (χ2n) is 3.91. The first-order chi connectivity index (χ1) is 7.27.